The van der Waals surface area contributed by atoms with Crippen molar-refractivity contribution >= 4 is 11.9 Å². The molecule has 0 spiro atoms. The summed E-state index contributed by atoms with van der Waals surface area (Å²) in [7, 11) is 0. The van der Waals surface area contributed by atoms with Crippen molar-refractivity contribution in [3.05, 3.63) is 0 Å². The summed E-state index contributed by atoms with van der Waals surface area (Å²) in [6.45, 7) is 2.59. The largest absolute Gasteiger partial charge is 0.461 e. The van der Waals surface area contributed by atoms with E-state index in [-0.39, 0.29) is 37.2 Å². The van der Waals surface area contributed by atoms with Gasteiger partial charge in [-0.25, -0.2) is 8.78 Å². The van der Waals surface area contributed by atoms with E-state index >= 15 is 0 Å². The standard InChI is InChI=1S/C10H17F2N5O2/c1-6(2)19-10-15-8(13)14-9(16-10)17(3-4-18)5-7(11)12/h6-7,18H,3-5H2,1-2H3,(H2,13,14,15,16). The van der Waals surface area contributed by atoms with Crippen molar-refractivity contribution in [3.8, 4) is 6.01 Å². The number of nitrogens with two attached hydrogens (primary N) is 1. The van der Waals surface area contributed by atoms with Crippen LogP contribution in [0.15, 0.2) is 0 Å². The van der Waals surface area contributed by atoms with Crippen LogP contribution in [0.5, 0.6) is 6.01 Å². The highest BCUT2D eigenvalue weighted by Crippen LogP contribution is 2.15. The van der Waals surface area contributed by atoms with Gasteiger partial charge in [-0.2, -0.15) is 15.0 Å². The maximum absolute atomic E-state index is 12.4. The summed E-state index contributed by atoms with van der Waals surface area (Å²) in [4.78, 5) is 12.5. The number of nitrogens with zero attached hydrogens (tertiary/aromatic N) is 4. The van der Waals surface area contributed by atoms with Gasteiger partial charge >= 0.3 is 6.01 Å². The fraction of sp³-hybridized carbons (Fsp3) is 0.700. The van der Waals surface area contributed by atoms with E-state index in [1.165, 1.54) is 0 Å². The van der Waals surface area contributed by atoms with Gasteiger partial charge in [0.2, 0.25) is 11.9 Å². The summed E-state index contributed by atoms with van der Waals surface area (Å²) < 4.78 is 30.1. The molecule has 0 atom stereocenters. The lowest BCUT2D eigenvalue weighted by Gasteiger charge is -2.21. The number of halogens is 2. The zero-order valence-corrected chi connectivity index (χ0v) is 10.8. The van der Waals surface area contributed by atoms with E-state index in [9.17, 15) is 8.78 Å². The third kappa shape index (κ3) is 5.16. The van der Waals surface area contributed by atoms with Crippen LogP contribution in [0.4, 0.5) is 20.7 Å². The molecule has 0 aliphatic carbocycles. The van der Waals surface area contributed by atoms with Crippen LogP contribution in [0.3, 0.4) is 0 Å². The maximum atomic E-state index is 12.4. The lowest BCUT2D eigenvalue weighted by molar-refractivity contribution is 0.152. The number of aliphatic hydroxyl groups excluding tert-OH is 1. The number of hydrogen-bond donors (Lipinski definition) is 2. The Balaban J connectivity index is 2.97. The molecule has 0 amide bonds. The van der Waals surface area contributed by atoms with Crippen molar-refractivity contribution in [1.82, 2.24) is 15.0 Å². The highest BCUT2D eigenvalue weighted by Gasteiger charge is 2.17. The smallest absolute Gasteiger partial charge is 0.323 e. The number of nitrogen functional groups attached to an aromatic ring is 1. The third-order valence-electron chi connectivity index (χ3n) is 1.97. The SMILES string of the molecule is CC(C)Oc1nc(N)nc(N(CCO)CC(F)F)n1. The molecule has 9 heteroatoms. The third-order valence-corrected chi connectivity index (χ3v) is 1.97. The predicted octanol–water partition coefficient (Wildman–Crippen LogP) is 0.305. The van der Waals surface area contributed by atoms with Crippen molar-refractivity contribution < 1.29 is 18.6 Å². The minimum Gasteiger partial charge on any atom is -0.461 e. The Bertz CT molecular complexity index is 406. The first kappa shape index (κ1) is 15.3. The van der Waals surface area contributed by atoms with E-state index in [0.717, 1.165) is 4.90 Å². The molecule has 19 heavy (non-hydrogen) atoms. The first-order valence-electron chi connectivity index (χ1n) is 5.74. The van der Waals surface area contributed by atoms with Gasteiger partial charge in [0, 0.05) is 6.54 Å². The van der Waals surface area contributed by atoms with Gasteiger partial charge < -0.3 is 20.5 Å². The molecule has 0 bridgehead atoms. The van der Waals surface area contributed by atoms with E-state index in [4.69, 9.17) is 15.6 Å². The molecule has 0 fully saturated rings. The van der Waals surface area contributed by atoms with Crippen molar-refractivity contribution in [2.45, 2.75) is 26.4 Å². The molecule has 0 unspecified atom stereocenters. The van der Waals surface area contributed by atoms with Gasteiger partial charge in [-0.1, -0.05) is 0 Å². The van der Waals surface area contributed by atoms with Crippen molar-refractivity contribution in [2.24, 2.45) is 0 Å². The number of hydrogen-bond acceptors (Lipinski definition) is 7. The Morgan fingerprint density at radius 3 is 2.53 bits per heavy atom. The van der Waals surface area contributed by atoms with E-state index < -0.39 is 13.0 Å². The molecule has 0 aliphatic rings. The number of aliphatic hydroxyl groups is 1. The molecule has 0 radical (unpaired) electrons. The van der Waals surface area contributed by atoms with Crippen molar-refractivity contribution in [1.29, 1.82) is 0 Å². The van der Waals surface area contributed by atoms with Crippen LogP contribution in [-0.4, -0.2) is 52.3 Å². The second kappa shape index (κ2) is 6.98. The van der Waals surface area contributed by atoms with Crippen LogP contribution < -0.4 is 15.4 Å². The lowest BCUT2D eigenvalue weighted by atomic mass is 10.5. The number of aromatic nitrogens is 3. The van der Waals surface area contributed by atoms with Gasteiger partial charge in [-0.05, 0) is 13.8 Å². The Morgan fingerprint density at radius 2 is 2.00 bits per heavy atom. The first-order valence-corrected chi connectivity index (χ1v) is 5.74. The molecule has 0 saturated carbocycles. The van der Waals surface area contributed by atoms with Crippen molar-refractivity contribution in [3.63, 3.8) is 0 Å². The second-order valence-corrected chi connectivity index (χ2v) is 4.00. The molecule has 1 aromatic rings. The van der Waals surface area contributed by atoms with Crippen LogP contribution in [-0.2, 0) is 0 Å². The second-order valence-electron chi connectivity index (χ2n) is 4.00. The highest BCUT2D eigenvalue weighted by molar-refractivity contribution is 5.36. The van der Waals surface area contributed by atoms with Crippen LogP contribution in [0.25, 0.3) is 0 Å². The van der Waals surface area contributed by atoms with E-state index in [1.54, 1.807) is 13.8 Å². The summed E-state index contributed by atoms with van der Waals surface area (Å²) in [5.74, 6) is -0.171. The van der Waals surface area contributed by atoms with Crippen LogP contribution in [0.1, 0.15) is 13.8 Å². The molecule has 0 aromatic carbocycles. The fourth-order valence-corrected chi connectivity index (χ4v) is 1.33. The quantitative estimate of drug-likeness (QED) is 0.740. The van der Waals surface area contributed by atoms with Gasteiger partial charge in [-0.3, -0.25) is 0 Å². The summed E-state index contributed by atoms with van der Waals surface area (Å²) in [5, 5.41) is 8.87. The van der Waals surface area contributed by atoms with E-state index in [2.05, 4.69) is 15.0 Å². The molecule has 0 saturated heterocycles. The Labute approximate surface area is 109 Å². The average Bonchev–Trinajstić information content (AvgIpc) is 2.26. The molecular weight excluding hydrogens is 260 g/mol. The molecule has 7 nitrogen and oxygen atoms in total. The van der Waals surface area contributed by atoms with Gasteiger partial charge in [0.25, 0.3) is 6.43 Å². The lowest BCUT2D eigenvalue weighted by Crippen LogP contribution is -2.33. The van der Waals surface area contributed by atoms with E-state index in [1.807, 2.05) is 0 Å². The normalized spacial score (nSPS) is 11.1. The first-order chi connectivity index (χ1) is 8.92. The summed E-state index contributed by atoms with van der Waals surface area (Å²) in [6, 6.07) is -0.0327. The highest BCUT2D eigenvalue weighted by atomic mass is 19.3. The minimum atomic E-state index is -2.58. The van der Waals surface area contributed by atoms with Gasteiger partial charge in [-0.15, -0.1) is 0 Å². The zero-order valence-electron chi connectivity index (χ0n) is 10.8. The predicted molar refractivity (Wildman–Crippen MR) is 65.3 cm³/mol. The summed E-state index contributed by atoms with van der Waals surface area (Å²) >= 11 is 0. The Morgan fingerprint density at radius 1 is 1.32 bits per heavy atom. The van der Waals surface area contributed by atoms with Crippen molar-refractivity contribution in [2.75, 3.05) is 30.3 Å². The van der Waals surface area contributed by atoms with Gasteiger partial charge in [0.1, 0.15) is 0 Å². The maximum Gasteiger partial charge on any atom is 0.323 e. The Kier molecular flexibility index (Phi) is 5.61. The van der Waals surface area contributed by atoms with E-state index in [0.29, 0.717) is 0 Å². The van der Waals surface area contributed by atoms with Gasteiger partial charge in [0.15, 0.2) is 0 Å². The summed E-state index contributed by atoms with van der Waals surface area (Å²) in [5.41, 5.74) is 5.48. The minimum absolute atomic E-state index is 0.0327. The number of alkyl halides is 2. The number of rotatable bonds is 7. The monoisotopic (exact) mass is 277 g/mol. The molecule has 1 rings (SSSR count). The molecule has 1 aromatic heterocycles. The number of ether oxygens (including phenoxy) is 1. The molecule has 108 valence electrons. The fourth-order valence-electron chi connectivity index (χ4n) is 1.33. The average molecular weight is 277 g/mol. The topological polar surface area (TPSA) is 97.4 Å². The molecule has 1 heterocycles. The molecular formula is C10H17F2N5O2. The number of anilines is 2. The van der Waals surface area contributed by atoms with Crippen LogP contribution >= 0.6 is 0 Å². The zero-order chi connectivity index (χ0) is 14.4. The summed E-state index contributed by atoms with van der Waals surface area (Å²) in [6.07, 6.45) is -2.77. The Hall–Kier alpha value is -1.77. The van der Waals surface area contributed by atoms with Crippen LogP contribution in [0, 0.1) is 0 Å². The molecule has 3 N–H and O–H groups in total. The molecule has 0 aliphatic heterocycles. The van der Waals surface area contributed by atoms with Crippen LogP contribution in [0.2, 0.25) is 0 Å². The van der Waals surface area contributed by atoms with Gasteiger partial charge in [0.05, 0.1) is 19.3 Å².